The molecule has 104 valence electrons. The van der Waals surface area contributed by atoms with Crippen molar-refractivity contribution in [2.75, 3.05) is 0 Å². The van der Waals surface area contributed by atoms with E-state index in [1.54, 1.807) is 0 Å². The van der Waals surface area contributed by atoms with Crippen LogP contribution >= 0.6 is 0 Å². The van der Waals surface area contributed by atoms with Gasteiger partial charge in [-0.2, -0.15) is 0 Å². The predicted octanol–water partition coefficient (Wildman–Crippen LogP) is 3.32. The maximum atomic E-state index is 12.3. The minimum absolute atomic E-state index is 0.0473. The topological polar surface area (TPSA) is 45.8 Å². The van der Waals surface area contributed by atoms with Crippen LogP contribution in [0.2, 0.25) is 0 Å². The molecular formula is C17H20N2O. The Morgan fingerprint density at radius 1 is 1.00 bits per heavy atom. The van der Waals surface area contributed by atoms with Crippen molar-refractivity contribution in [1.29, 1.82) is 0 Å². The van der Waals surface area contributed by atoms with Gasteiger partial charge in [0.1, 0.15) is 5.82 Å². The van der Waals surface area contributed by atoms with E-state index in [0.717, 1.165) is 42.5 Å². The molecule has 0 spiro atoms. The van der Waals surface area contributed by atoms with Crippen molar-refractivity contribution in [1.82, 2.24) is 9.97 Å². The third-order valence-corrected chi connectivity index (χ3v) is 3.94. The number of hydrogen-bond donors (Lipinski definition) is 1. The van der Waals surface area contributed by atoms with Crippen molar-refractivity contribution in [3.63, 3.8) is 0 Å². The summed E-state index contributed by atoms with van der Waals surface area (Å²) in [6.45, 7) is 4.14. The van der Waals surface area contributed by atoms with Gasteiger partial charge >= 0.3 is 0 Å². The molecule has 0 radical (unpaired) electrons. The number of aryl methyl sites for hydroxylation is 3. The van der Waals surface area contributed by atoms with E-state index in [-0.39, 0.29) is 5.56 Å². The number of fused-ring (bicyclic) bond motifs is 1. The summed E-state index contributed by atoms with van der Waals surface area (Å²) in [4.78, 5) is 20.0. The Kier molecular flexibility index (Phi) is 3.43. The minimum atomic E-state index is 0.0473. The molecule has 0 unspecified atom stereocenters. The fourth-order valence-electron chi connectivity index (χ4n) is 3.03. The standard InChI is InChI=1S/C17H20N2O/c1-11-8-12(2)10-13(9-11)16-18-15-7-5-3-4-6-14(15)17(20)19-16/h8-10H,3-7H2,1-2H3,(H,18,19,20). The first kappa shape index (κ1) is 13.1. The molecule has 2 aromatic rings. The molecule has 3 heteroatoms. The van der Waals surface area contributed by atoms with Crippen LogP contribution in [0.3, 0.4) is 0 Å². The lowest BCUT2D eigenvalue weighted by molar-refractivity contribution is 0.708. The normalized spacial score (nSPS) is 14.7. The molecule has 3 nitrogen and oxygen atoms in total. The van der Waals surface area contributed by atoms with Crippen molar-refractivity contribution >= 4 is 0 Å². The van der Waals surface area contributed by atoms with E-state index in [0.29, 0.717) is 5.82 Å². The van der Waals surface area contributed by atoms with Crippen LogP contribution in [0, 0.1) is 13.8 Å². The predicted molar refractivity (Wildman–Crippen MR) is 81.0 cm³/mol. The van der Waals surface area contributed by atoms with E-state index in [2.05, 4.69) is 37.0 Å². The lowest BCUT2D eigenvalue weighted by Gasteiger charge is -2.09. The molecule has 0 aliphatic heterocycles. The van der Waals surface area contributed by atoms with E-state index in [4.69, 9.17) is 4.98 Å². The Bertz CT molecular complexity index is 680. The maximum absolute atomic E-state index is 12.3. The average Bonchev–Trinajstić information content (AvgIpc) is 2.63. The highest BCUT2D eigenvalue weighted by Crippen LogP contribution is 2.21. The molecule has 0 fully saturated rings. The van der Waals surface area contributed by atoms with Crippen molar-refractivity contribution in [3.05, 3.63) is 50.9 Å². The molecule has 1 aromatic heterocycles. The van der Waals surface area contributed by atoms with Crippen molar-refractivity contribution in [2.24, 2.45) is 0 Å². The molecule has 0 saturated carbocycles. The van der Waals surface area contributed by atoms with Gasteiger partial charge in [-0.3, -0.25) is 4.79 Å². The highest BCUT2D eigenvalue weighted by Gasteiger charge is 2.15. The Balaban J connectivity index is 2.13. The molecule has 0 saturated heterocycles. The second-order valence-electron chi connectivity index (χ2n) is 5.78. The SMILES string of the molecule is Cc1cc(C)cc(-c2nc3c(c(=O)[nH]2)CCCCC3)c1. The summed E-state index contributed by atoms with van der Waals surface area (Å²) < 4.78 is 0. The van der Waals surface area contributed by atoms with Gasteiger partial charge in [-0.15, -0.1) is 0 Å². The van der Waals surface area contributed by atoms with E-state index >= 15 is 0 Å². The molecule has 1 aliphatic carbocycles. The maximum Gasteiger partial charge on any atom is 0.254 e. The van der Waals surface area contributed by atoms with Gasteiger partial charge in [-0.1, -0.05) is 23.6 Å². The second-order valence-corrected chi connectivity index (χ2v) is 5.78. The quantitative estimate of drug-likeness (QED) is 0.806. The number of nitrogens with zero attached hydrogens (tertiary/aromatic N) is 1. The monoisotopic (exact) mass is 268 g/mol. The molecule has 20 heavy (non-hydrogen) atoms. The average molecular weight is 268 g/mol. The smallest absolute Gasteiger partial charge is 0.254 e. The number of rotatable bonds is 1. The minimum Gasteiger partial charge on any atom is -0.306 e. The Morgan fingerprint density at radius 2 is 1.70 bits per heavy atom. The third kappa shape index (κ3) is 2.53. The summed E-state index contributed by atoms with van der Waals surface area (Å²) in [5, 5.41) is 0. The molecule has 0 bridgehead atoms. The lowest BCUT2D eigenvalue weighted by atomic mass is 10.1. The first-order valence-electron chi connectivity index (χ1n) is 7.34. The van der Waals surface area contributed by atoms with E-state index in [1.807, 2.05) is 0 Å². The largest absolute Gasteiger partial charge is 0.306 e. The summed E-state index contributed by atoms with van der Waals surface area (Å²) in [6, 6.07) is 6.29. The van der Waals surface area contributed by atoms with Crippen molar-refractivity contribution in [3.8, 4) is 11.4 Å². The first-order valence-corrected chi connectivity index (χ1v) is 7.34. The van der Waals surface area contributed by atoms with Crippen LogP contribution in [-0.2, 0) is 12.8 Å². The first-order chi connectivity index (χ1) is 9.63. The zero-order valence-corrected chi connectivity index (χ0v) is 12.1. The zero-order chi connectivity index (χ0) is 14.1. The molecular weight excluding hydrogens is 248 g/mol. The molecule has 1 heterocycles. The third-order valence-electron chi connectivity index (χ3n) is 3.94. The van der Waals surface area contributed by atoms with Crippen LogP contribution < -0.4 is 5.56 Å². The molecule has 1 aliphatic rings. The van der Waals surface area contributed by atoms with Gasteiger partial charge in [0, 0.05) is 11.1 Å². The fraction of sp³-hybridized carbons (Fsp3) is 0.412. The van der Waals surface area contributed by atoms with Gasteiger partial charge in [-0.05, 0) is 51.7 Å². The molecule has 0 atom stereocenters. The van der Waals surface area contributed by atoms with Gasteiger partial charge in [-0.25, -0.2) is 4.98 Å². The van der Waals surface area contributed by atoms with Crippen LogP contribution in [0.4, 0.5) is 0 Å². The van der Waals surface area contributed by atoms with Gasteiger partial charge < -0.3 is 4.98 Å². The van der Waals surface area contributed by atoms with Crippen LogP contribution in [0.5, 0.6) is 0 Å². The van der Waals surface area contributed by atoms with E-state index < -0.39 is 0 Å². The molecule has 3 rings (SSSR count). The summed E-state index contributed by atoms with van der Waals surface area (Å²) in [5.74, 6) is 0.711. The number of aromatic nitrogens is 2. The van der Waals surface area contributed by atoms with Gasteiger partial charge in [0.2, 0.25) is 0 Å². The highest BCUT2D eigenvalue weighted by molar-refractivity contribution is 5.57. The van der Waals surface area contributed by atoms with Crippen molar-refractivity contribution in [2.45, 2.75) is 46.0 Å². The van der Waals surface area contributed by atoms with Crippen LogP contribution in [-0.4, -0.2) is 9.97 Å². The summed E-state index contributed by atoms with van der Waals surface area (Å²) in [7, 11) is 0. The molecule has 1 aromatic carbocycles. The number of H-pyrrole nitrogens is 1. The second kappa shape index (κ2) is 5.23. The number of nitrogens with one attached hydrogen (secondary N) is 1. The van der Waals surface area contributed by atoms with Gasteiger partial charge in [0.15, 0.2) is 0 Å². The summed E-state index contributed by atoms with van der Waals surface area (Å²) in [6.07, 6.45) is 5.22. The van der Waals surface area contributed by atoms with Crippen LogP contribution in [0.15, 0.2) is 23.0 Å². The van der Waals surface area contributed by atoms with E-state index in [9.17, 15) is 4.79 Å². The number of aromatic amines is 1. The van der Waals surface area contributed by atoms with Crippen LogP contribution in [0.25, 0.3) is 11.4 Å². The van der Waals surface area contributed by atoms with E-state index in [1.165, 1.54) is 17.5 Å². The Morgan fingerprint density at radius 3 is 2.45 bits per heavy atom. The number of hydrogen-bond acceptors (Lipinski definition) is 2. The Labute approximate surface area is 119 Å². The highest BCUT2D eigenvalue weighted by atomic mass is 16.1. The van der Waals surface area contributed by atoms with Crippen molar-refractivity contribution < 1.29 is 0 Å². The lowest BCUT2D eigenvalue weighted by Crippen LogP contribution is -2.18. The molecule has 1 N–H and O–H groups in total. The van der Waals surface area contributed by atoms with Crippen LogP contribution in [0.1, 0.15) is 41.6 Å². The Hall–Kier alpha value is -1.90. The number of benzene rings is 1. The fourth-order valence-corrected chi connectivity index (χ4v) is 3.03. The summed E-state index contributed by atoms with van der Waals surface area (Å²) >= 11 is 0. The molecule has 0 amide bonds. The summed E-state index contributed by atoms with van der Waals surface area (Å²) in [5.41, 5.74) is 5.34. The van der Waals surface area contributed by atoms with Gasteiger partial charge in [0.25, 0.3) is 5.56 Å². The zero-order valence-electron chi connectivity index (χ0n) is 12.1. The van der Waals surface area contributed by atoms with Gasteiger partial charge in [0.05, 0.1) is 5.69 Å².